The van der Waals surface area contributed by atoms with Gasteiger partial charge in [0.2, 0.25) is 0 Å². The van der Waals surface area contributed by atoms with Crippen molar-refractivity contribution in [3.05, 3.63) is 76.0 Å². The third kappa shape index (κ3) is 4.72. The molecule has 0 saturated heterocycles. The molecule has 2 aliphatic rings. The predicted molar refractivity (Wildman–Crippen MR) is 137 cm³/mol. The number of halogens is 1. The van der Waals surface area contributed by atoms with Crippen LogP contribution in [0.5, 0.6) is 0 Å². The quantitative estimate of drug-likeness (QED) is 0.370. The monoisotopic (exact) mass is 550 g/mol. The van der Waals surface area contributed by atoms with Crippen LogP contribution in [-0.2, 0) is 19.1 Å². The van der Waals surface area contributed by atoms with Crippen LogP contribution in [0.15, 0.2) is 58.3 Å². The van der Waals surface area contributed by atoms with Gasteiger partial charge in [0.25, 0.3) is 0 Å². The number of pyridine rings is 1. The molecule has 1 saturated carbocycles. The van der Waals surface area contributed by atoms with E-state index in [9.17, 15) is 9.59 Å². The Hall–Kier alpha value is -3.33. The number of esters is 2. The van der Waals surface area contributed by atoms with Crippen molar-refractivity contribution in [3.63, 3.8) is 0 Å². The van der Waals surface area contributed by atoms with Crippen molar-refractivity contribution >= 4 is 33.6 Å². The van der Waals surface area contributed by atoms with E-state index in [0.717, 1.165) is 38.6 Å². The van der Waals surface area contributed by atoms with Gasteiger partial charge in [0, 0.05) is 34.5 Å². The van der Waals surface area contributed by atoms with Crippen LogP contribution in [0.1, 0.15) is 61.4 Å². The maximum atomic E-state index is 12.6. The topological polar surface area (TPSA) is 95.7 Å². The number of benzene rings is 1. The summed E-state index contributed by atoms with van der Waals surface area (Å²) in [5, 5.41) is 0. The Balaban J connectivity index is 1.41. The molecule has 1 aromatic carbocycles. The van der Waals surface area contributed by atoms with Gasteiger partial charge in [-0.1, -0.05) is 22.0 Å². The Bertz CT molecular complexity index is 1330. The van der Waals surface area contributed by atoms with E-state index in [1.807, 2.05) is 49.5 Å². The first-order chi connectivity index (χ1) is 17.4. The number of carbonyl (C=O) groups excluding carboxylic acids is 2. The molecule has 0 bridgehead atoms. The molecule has 8 nitrogen and oxygen atoms in total. The number of hydrogen-bond acceptors (Lipinski definition) is 7. The first kappa shape index (κ1) is 24.4. The Kier molecular flexibility index (Phi) is 6.75. The van der Waals surface area contributed by atoms with Gasteiger partial charge in [-0.3, -0.25) is 24.1 Å². The fourth-order valence-corrected chi connectivity index (χ4v) is 4.94. The number of fused-ring (bicyclic) bond motifs is 3. The van der Waals surface area contributed by atoms with E-state index in [4.69, 9.17) is 14.5 Å². The van der Waals surface area contributed by atoms with Gasteiger partial charge >= 0.3 is 11.9 Å². The second-order valence-electron chi connectivity index (χ2n) is 9.15. The Labute approximate surface area is 217 Å². The Morgan fingerprint density at radius 1 is 1.17 bits per heavy atom. The molecule has 1 aliphatic carbocycles. The van der Waals surface area contributed by atoms with Gasteiger partial charge in [-0.25, -0.2) is 4.98 Å². The van der Waals surface area contributed by atoms with Crippen molar-refractivity contribution in [3.8, 4) is 5.69 Å². The number of nitrogens with zero attached hydrogens (tertiary/aromatic N) is 4. The molecule has 0 N–H and O–H groups in total. The average molecular weight is 551 g/mol. The highest BCUT2D eigenvalue weighted by Crippen LogP contribution is 2.50. The van der Waals surface area contributed by atoms with E-state index < -0.39 is 11.4 Å². The minimum atomic E-state index is -0.706. The first-order valence-corrected chi connectivity index (χ1v) is 12.9. The fraction of sp³-hybridized carbons (Fsp3) is 0.370. The lowest BCUT2D eigenvalue weighted by Crippen LogP contribution is -2.24. The van der Waals surface area contributed by atoms with Crippen LogP contribution in [0.2, 0.25) is 0 Å². The molecule has 0 amide bonds. The molecule has 9 heteroatoms. The van der Waals surface area contributed by atoms with Crippen molar-refractivity contribution in [1.29, 1.82) is 0 Å². The molecular formula is C27H27BrN4O4. The Morgan fingerprint density at radius 2 is 2.00 bits per heavy atom. The summed E-state index contributed by atoms with van der Waals surface area (Å²) in [6.07, 6.45) is 5.39. The number of imidazole rings is 1. The molecule has 186 valence electrons. The normalized spacial score (nSPS) is 17.3. The van der Waals surface area contributed by atoms with Crippen LogP contribution in [0.3, 0.4) is 0 Å². The fourth-order valence-electron chi connectivity index (χ4n) is 4.58. The number of aromatic nitrogens is 3. The van der Waals surface area contributed by atoms with Crippen LogP contribution in [0, 0.1) is 12.3 Å². The van der Waals surface area contributed by atoms with Gasteiger partial charge in [-0.2, -0.15) is 0 Å². The number of rotatable bonds is 8. The van der Waals surface area contributed by atoms with Crippen LogP contribution >= 0.6 is 15.9 Å². The van der Waals surface area contributed by atoms with Crippen molar-refractivity contribution in [2.24, 2.45) is 10.4 Å². The second kappa shape index (κ2) is 9.97. The molecule has 0 radical (unpaired) electrons. The molecule has 36 heavy (non-hydrogen) atoms. The highest BCUT2D eigenvalue weighted by molar-refractivity contribution is 9.10. The van der Waals surface area contributed by atoms with Gasteiger partial charge in [0.15, 0.2) is 0 Å². The third-order valence-electron chi connectivity index (χ3n) is 6.61. The molecule has 1 aliphatic heterocycles. The molecule has 1 atom stereocenters. The summed E-state index contributed by atoms with van der Waals surface area (Å²) < 4.78 is 13.7. The van der Waals surface area contributed by atoms with Gasteiger partial charge in [-0.15, -0.1) is 0 Å². The van der Waals surface area contributed by atoms with E-state index in [1.165, 1.54) is 0 Å². The standard InChI is InChI=1S/C27H27BrN4O4/c1-3-35-26(34)27(10-11-27)15-23(33)36-13-9-21-25-30-16-17(2)32(25)22-8-7-18(28)14-19(22)24(31-21)20-6-4-5-12-29-20/h4-8,12,14,16,21H,3,9-11,13,15H2,1-2H3/t21-/m0/s1. The van der Waals surface area contributed by atoms with Crippen molar-refractivity contribution in [2.75, 3.05) is 13.2 Å². The van der Waals surface area contributed by atoms with Gasteiger partial charge in [0.1, 0.15) is 11.9 Å². The smallest absolute Gasteiger partial charge is 0.312 e. The number of aliphatic imine (C=N–C) groups is 1. The molecule has 3 heterocycles. The number of ether oxygens (including phenoxy) is 2. The summed E-state index contributed by atoms with van der Waals surface area (Å²) in [5.74, 6) is 0.0785. The van der Waals surface area contributed by atoms with Crippen LogP contribution in [0.25, 0.3) is 5.69 Å². The number of hydrogen-bond donors (Lipinski definition) is 0. The molecule has 0 unspecified atom stereocenters. The second-order valence-corrected chi connectivity index (χ2v) is 10.1. The lowest BCUT2D eigenvalue weighted by atomic mass is 10.0. The zero-order valence-electron chi connectivity index (χ0n) is 20.2. The minimum Gasteiger partial charge on any atom is -0.466 e. The highest BCUT2D eigenvalue weighted by Gasteiger charge is 2.53. The zero-order chi connectivity index (χ0) is 25.3. The highest BCUT2D eigenvalue weighted by atomic mass is 79.9. The van der Waals surface area contributed by atoms with E-state index in [-0.39, 0.29) is 25.0 Å². The number of carbonyl (C=O) groups is 2. The molecular weight excluding hydrogens is 524 g/mol. The van der Waals surface area contributed by atoms with Gasteiger partial charge in [0.05, 0.1) is 42.1 Å². The molecule has 2 aromatic heterocycles. The Morgan fingerprint density at radius 3 is 2.72 bits per heavy atom. The van der Waals surface area contributed by atoms with Crippen LogP contribution < -0.4 is 0 Å². The number of aryl methyl sites for hydroxylation is 1. The largest absolute Gasteiger partial charge is 0.466 e. The summed E-state index contributed by atoms with van der Waals surface area (Å²) in [4.78, 5) is 39.1. The molecule has 0 spiro atoms. The molecule has 3 aromatic rings. The van der Waals surface area contributed by atoms with Crippen molar-refractivity contribution in [1.82, 2.24) is 14.5 Å². The van der Waals surface area contributed by atoms with E-state index in [0.29, 0.717) is 25.9 Å². The van der Waals surface area contributed by atoms with Crippen LogP contribution in [0.4, 0.5) is 0 Å². The summed E-state index contributed by atoms with van der Waals surface area (Å²) in [6.45, 7) is 4.24. The third-order valence-corrected chi connectivity index (χ3v) is 7.10. The van der Waals surface area contributed by atoms with Crippen molar-refractivity contribution < 1.29 is 19.1 Å². The molecule has 1 fully saturated rings. The van der Waals surface area contributed by atoms with Gasteiger partial charge in [-0.05, 0) is 57.0 Å². The van der Waals surface area contributed by atoms with Crippen LogP contribution in [-0.4, -0.2) is 45.4 Å². The van der Waals surface area contributed by atoms with E-state index in [1.54, 1.807) is 13.1 Å². The maximum absolute atomic E-state index is 12.6. The zero-order valence-corrected chi connectivity index (χ0v) is 21.8. The summed E-state index contributed by atoms with van der Waals surface area (Å²) in [5.41, 5.74) is 3.70. The lowest BCUT2D eigenvalue weighted by molar-refractivity contribution is -0.156. The van der Waals surface area contributed by atoms with Crippen molar-refractivity contribution in [2.45, 2.75) is 45.6 Å². The van der Waals surface area contributed by atoms with E-state index in [2.05, 4.69) is 30.5 Å². The average Bonchev–Trinajstić information content (AvgIpc) is 3.58. The van der Waals surface area contributed by atoms with Gasteiger partial charge < -0.3 is 9.47 Å². The SMILES string of the molecule is CCOC(=O)C1(CC(=O)OCC[C@@H]2N=C(c3ccccn3)c3cc(Br)ccc3-n3c(C)cnc32)CC1. The first-order valence-electron chi connectivity index (χ1n) is 12.1. The predicted octanol–water partition coefficient (Wildman–Crippen LogP) is 4.90. The summed E-state index contributed by atoms with van der Waals surface area (Å²) in [6, 6.07) is 11.5. The summed E-state index contributed by atoms with van der Waals surface area (Å²) in [7, 11) is 0. The minimum absolute atomic E-state index is 0.0478. The lowest BCUT2D eigenvalue weighted by Gasteiger charge is -2.15. The molecule has 5 rings (SSSR count). The maximum Gasteiger partial charge on any atom is 0.312 e. The van der Waals surface area contributed by atoms with E-state index >= 15 is 0 Å². The summed E-state index contributed by atoms with van der Waals surface area (Å²) >= 11 is 3.60.